The Bertz CT molecular complexity index is 971. The maximum atomic E-state index is 13.4. The van der Waals surface area contributed by atoms with Gasteiger partial charge in [-0.15, -0.1) is 11.3 Å². The van der Waals surface area contributed by atoms with Crippen LogP contribution in [0, 0.1) is 5.82 Å². The zero-order valence-corrected chi connectivity index (χ0v) is 15.9. The van der Waals surface area contributed by atoms with Gasteiger partial charge in [-0.25, -0.2) is 9.37 Å². The smallest absolute Gasteiger partial charge is 0.273 e. The topological polar surface area (TPSA) is 79.2 Å². The van der Waals surface area contributed by atoms with Crippen LogP contribution in [0.4, 0.5) is 4.39 Å². The minimum Gasteiger partial charge on any atom is -0.389 e. The summed E-state index contributed by atoms with van der Waals surface area (Å²) in [6.45, 7) is 0.866. The first kappa shape index (κ1) is 18.6. The van der Waals surface area contributed by atoms with Crippen LogP contribution >= 0.6 is 11.3 Å². The lowest BCUT2D eigenvalue weighted by atomic mass is 9.85. The van der Waals surface area contributed by atoms with Gasteiger partial charge in [0.25, 0.3) is 5.91 Å². The normalized spacial score (nSPS) is 16.1. The Balaban J connectivity index is 1.39. The van der Waals surface area contributed by atoms with E-state index in [1.54, 1.807) is 34.9 Å². The number of hydrogen-bond acceptors (Lipinski definition) is 6. The van der Waals surface area contributed by atoms with E-state index >= 15 is 0 Å². The highest BCUT2D eigenvalue weighted by Crippen LogP contribution is 2.28. The summed E-state index contributed by atoms with van der Waals surface area (Å²) in [6.07, 6.45) is 6.04. The van der Waals surface area contributed by atoms with Gasteiger partial charge in [0.05, 0.1) is 11.8 Å². The van der Waals surface area contributed by atoms with Crippen LogP contribution in [0.3, 0.4) is 0 Å². The highest BCUT2D eigenvalue weighted by Gasteiger charge is 2.34. The summed E-state index contributed by atoms with van der Waals surface area (Å²) in [5, 5.41) is 13.2. The molecule has 2 aromatic heterocycles. The van der Waals surface area contributed by atoms with Gasteiger partial charge in [0.1, 0.15) is 22.2 Å². The van der Waals surface area contributed by atoms with E-state index in [0.717, 1.165) is 5.56 Å². The molecule has 1 aromatic carbocycles. The molecular formula is C20H19FN4O2S. The average molecular weight is 398 g/mol. The Hall–Kier alpha value is -2.71. The van der Waals surface area contributed by atoms with E-state index in [-0.39, 0.29) is 11.7 Å². The van der Waals surface area contributed by atoms with Crippen molar-refractivity contribution in [1.82, 2.24) is 19.9 Å². The van der Waals surface area contributed by atoms with Crippen molar-refractivity contribution in [2.24, 2.45) is 0 Å². The maximum Gasteiger partial charge on any atom is 0.273 e. The Kier molecular flexibility index (Phi) is 5.15. The predicted octanol–water partition coefficient (Wildman–Crippen LogP) is 2.95. The first-order chi connectivity index (χ1) is 13.5. The molecule has 3 heterocycles. The third-order valence-corrected chi connectivity index (χ3v) is 5.77. The third-order valence-electron chi connectivity index (χ3n) is 4.91. The van der Waals surface area contributed by atoms with Crippen molar-refractivity contribution >= 4 is 17.2 Å². The quantitative estimate of drug-likeness (QED) is 0.731. The molecule has 6 nitrogen and oxygen atoms in total. The van der Waals surface area contributed by atoms with Gasteiger partial charge in [-0.3, -0.25) is 14.8 Å². The van der Waals surface area contributed by atoms with Crippen molar-refractivity contribution in [2.45, 2.75) is 24.9 Å². The van der Waals surface area contributed by atoms with Crippen molar-refractivity contribution in [3.63, 3.8) is 0 Å². The Morgan fingerprint density at radius 3 is 2.82 bits per heavy atom. The van der Waals surface area contributed by atoms with Crippen molar-refractivity contribution in [3.05, 3.63) is 65.3 Å². The second kappa shape index (κ2) is 7.73. The molecule has 1 aliphatic heterocycles. The van der Waals surface area contributed by atoms with Crippen molar-refractivity contribution in [1.29, 1.82) is 0 Å². The van der Waals surface area contributed by atoms with Gasteiger partial charge in [-0.2, -0.15) is 0 Å². The van der Waals surface area contributed by atoms with Crippen LogP contribution in [0.1, 0.15) is 28.9 Å². The molecule has 144 valence electrons. The molecule has 1 fully saturated rings. The number of nitrogens with zero attached hydrogens (tertiary/aromatic N) is 4. The zero-order chi connectivity index (χ0) is 19.6. The van der Waals surface area contributed by atoms with Gasteiger partial charge < -0.3 is 10.0 Å². The molecule has 0 radical (unpaired) electrons. The average Bonchev–Trinajstić information content (AvgIpc) is 3.19. The first-order valence-electron chi connectivity index (χ1n) is 9.00. The number of carbonyl (C=O) groups excluding carboxylic acids is 1. The lowest BCUT2D eigenvalue weighted by Gasteiger charge is -2.38. The summed E-state index contributed by atoms with van der Waals surface area (Å²) in [5.41, 5.74) is 0.837. The largest absolute Gasteiger partial charge is 0.389 e. The highest BCUT2D eigenvalue weighted by molar-refractivity contribution is 7.13. The molecule has 1 saturated heterocycles. The van der Waals surface area contributed by atoms with Gasteiger partial charge >= 0.3 is 0 Å². The fourth-order valence-electron chi connectivity index (χ4n) is 3.39. The number of rotatable bonds is 4. The number of piperidine rings is 1. The molecule has 0 aliphatic carbocycles. The monoisotopic (exact) mass is 398 g/mol. The summed E-state index contributed by atoms with van der Waals surface area (Å²) in [6, 6.07) is 6.28. The Morgan fingerprint density at radius 1 is 1.29 bits per heavy atom. The second-order valence-corrected chi connectivity index (χ2v) is 7.81. The van der Waals surface area contributed by atoms with Crippen molar-refractivity contribution < 1.29 is 14.3 Å². The molecule has 1 amide bonds. The van der Waals surface area contributed by atoms with E-state index in [0.29, 0.717) is 48.7 Å². The molecule has 3 aromatic rings. The van der Waals surface area contributed by atoms with Crippen molar-refractivity contribution in [3.8, 4) is 10.7 Å². The molecule has 0 unspecified atom stereocenters. The third kappa shape index (κ3) is 4.07. The van der Waals surface area contributed by atoms with Gasteiger partial charge in [0.15, 0.2) is 0 Å². The SMILES string of the molecule is O=C(c1csc(-c2cnccn2)n1)N1CCC(O)(Cc2cccc(F)c2)CC1. The van der Waals surface area contributed by atoms with E-state index in [4.69, 9.17) is 0 Å². The molecule has 0 saturated carbocycles. The lowest BCUT2D eigenvalue weighted by molar-refractivity contribution is -0.0163. The second-order valence-electron chi connectivity index (χ2n) is 6.95. The number of amides is 1. The number of halogens is 1. The molecule has 0 spiro atoms. The molecule has 1 aliphatic rings. The number of hydrogen-bond donors (Lipinski definition) is 1. The predicted molar refractivity (Wildman–Crippen MR) is 103 cm³/mol. The zero-order valence-electron chi connectivity index (χ0n) is 15.1. The minimum absolute atomic E-state index is 0.154. The van der Waals surface area contributed by atoms with Crippen LogP contribution in [0.2, 0.25) is 0 Å². The number of aliphatic hydroxyl groups is 1. The molecule has 28 heavy (non-hydrogen) atoms. The van der Waals surface area contributed by atoms with E-state index in [9.17, 15) is 14.3 Å². The van der Waals surface area contributed by atoms with Crippen LogP contribution in [0.5, 0.6) is 0 Å². The number of likely N-dealkylation sites (tertiary alicyclic amines) is 1. The van der Waals surface area contributed by atoms with E-state index in [2.05, 4.69) is 15.0 Å². The lowest BCUT2D eigenvalue weighted by Crippen LogP contribution is -2.47. The number of thiazole rings is 1. The van der Waals surface area contributed by atoms with Crippen LogP contribution in [0.15, 0.2) is 48.2 Å². The number of benzene rings is 1. The summed E-state index contributed by atoms with van der Waals surface area (Å²) < 4.78 is 13.4. The summed E-state index contributed by atoms with van der Waals surface area (Å²) >= 11 is 1.35. The van der Waals surface area contributed by atoms with Gasteiger partial charge in [-0.1, -0.05) is 12.1 Å². The fraction of sp³-hybridized carbons (Fsp3) is 0.300. The summed E-state index contributed by atoms with van der Waals surface area (Å²) in [5.74, 6) is -0.463. The van der Waals surface area contributed by atoms with Gasteiger partial charge in [0, 0.05) is 37.3 Å². The van der Waals surface area contributed by atoms with Crippen LogP contribution < -0.4 is 0 Å². The van der Waals surface area contributed by atoms with E-state index in [1.165, 1.54) is 23.5 Å². The van der Waals surface area contributed by atoms with E-state index in [1.807, 2.05) is 6.07 Å². The maximum absolute atomic E-state index is 13.4. The molecule has 8 heteroatoms. The van der Waals surface area contributed by atoms with Gasteiger partial charge in [-0.05, 0) is 30.5 Å². The number of carbonyl (C=O) groups is 1. The number of aromatic nitrogens is 3. The first-order valence-corrected chi connectivity index (χ1v) is 9.88. The van der Waals surface area contributed by atoms with Crippen LogP contribution in [-0.4, -0.2) is 49.6 Å². The highest BCUT2D eigenvalue weighted by atomic mass is 32.1. The minimum atomic E-state index is -0.933. The standard InChI is InChI=1S/C20H19FN4O2S/c21-15-3-1-2-14(10-15)11-20(27)4-8-25(9-5-20)19(26)17-13-28-18(24-17)16-12-22-6-7-23-16/h1-3,6-7,10,12-13,27H,4-5,8-9,11H2. The van der Waals surface area contributed by atoms with E-state index < -0.39 is 5.60 Å². The fourth-order valence-corrected chi connectivity index (χ4v) is 4.14. The summed E-state index contributed by atoms with van der Waals surface area (Å²) in [4.78, 5) is 27.1. The molecule has 4 rings (SSSR count). The molecular weight excluding hydrogens is 379 g/mol. The van der Waals surface area contributed by atoms with Gasteiger partial charge in [0.2, 0.25) is 0 Å². The Morgan fingerprint density at radius 2 is 2.11 bits per heavy atom. The molecule has 0 atom stereocenters. The van der Waals surface area contributed by atoms with Crippen LogP contribution in [0.25, 0.3) is 10.7 Å². The molecule has 0 bridgehead atoms. The van der Waals surface area contributed by atoms with Crippen LogP contribution in [-0.2, 0) is 6.42 Å². The molecule has 1 N–H and O–H groups in total. The van der Waals surface area contributed by atoms with Crippen molar-refractivity contribution in [2.75, 3.05) is 13.1 Å². The Labute approximate surface area is 165 Å². The summed E-state index contributed by atoms with van der Waals surface area (Å²) in [7, 11) is 0.